The normalized spacial score (nSPS) is 17.3. The fourth-order valence-electron chi connectivity index (χ4n) is 3.98. The van der Waals surface area contributed by atoms with E-state index in [0.29, 0.717) is 4.91 Å². The first-order valence-corrected chi connectivity index (χ1v) is 12.2. The zero-order valence-electron chi connectivity index (χ0n) is 20.0. The molecule has 2 atom stereocenters. The van der Waals surface area contributed by atoms with Crippen molar-refractivity contribution >= 4 is 40.2 Å². The van der Waals surface area contributed by atoms with E-state index in [1.165, 1.54) is 4.57 Å². The van der Waals surface area contributed by atoms with Gasteiger partial charge in [-0.15, -0.1) is 18.2 Å². The molecule has 1 aromatic carbocycles. The summed E-state index contributed by atoms with van der Waals surface area (Å²) < 4.78 is 97.7. The third-order valence-corrected chi connectivity index (χ3v) is 7.19. The smallest absolute Gasteiger partial charge is 0.430 e. The number of benzene rings is 1. The van der Waals surface area contributed by atoms with E-state index >= 15 is 0 Å². The summed E-state index contributed by atoms with van der Waals surface area (Å²) in [6.45, 7) is 8.56. The van der Waals surface area contributed by atoms with E-state index in [2.05, 4.69) is 6.58 Å². The van der Waals surface area contributed by atoms with Gasteiger partial charge in [0.05, 0.1) is 11.9 Å². The molecule has 2 unspecified atom stereocenters. The molecule has 206 valence electrons. The Morgan fingerprint density at radius 3 is 2.24 bits per heavy atom. The van der Waals surface area contributed by atoms with Gasteiger partial charge in [-0.1, -0.05) is 23.9 Å². The predicted octanol–water partition coefficient (Wildman–Crippen LogP) is 7.87. The maximum absolute atomic E-state index is 14.3. The Morgan fingerprint density at radius 1 is 1.27 bits per heavy atom. The van der Waals surface area contributed by atoms with Gasteiger partial charge < -0.3 is 14.8 Å². The highest BCUT2D eigenvalue weighted by Crippen LogP contribution is 2.55. The number of hydrogen-bond donors (Lipinski definition) is 2. The summed E-state index contributed by atoms with van der Waals surface area (Å²) >= 11 is 6.20. The van der Waals surface area contributed by atoms with Crippen LogP contribution in [0.3, 0.4) is 0 Å². The Morgan fingerprint density at radius 2 is 1.81 bits per heavy atom. The van der Waals surface area contributed by atoms with Crippen LogP contribution in [0.25, 0.3) is 10.9 Å². The monoisotopic (exact) mass is 575 g/mol. The van der Waals surface area contributed by atoms with Crippen molar-refractivity contribution in [2.24, 2.45) is 0 Å². The average Bonchev–Trinajstić information content (AvgIpc) is 3.30. The molecule has 1 aromatic heterocycles. The number of aryl methyl sites for hydroxylation is 1. The number of carboxylic acid groups (broad SMARTS) is 1. The zero-order valence-corrected chi connectivity index (χ0v) is 21.5. The lowest BCUT2D eigenvalue weighted by atomic mass is 9.88. The standard InChI is InChI=1S/C20H18F7NO3S.C4H7Cl/c1-3-9(2)32-17-15-12(18(31,19(22,23)24)20(25,26)27)7-11(21)8-13(15)28-5-4-10(16(17)28)6-14(29)30;1-3-4(2)5/h3,7-8,10,31H,4-6H2,1-2H3,(H,29,30);3-4H,1H2,2H3/b9-3+;. The van der Waals surface area contributed by atoms with Gasteiger partial charge in [0.25, 0.3) is 5.60 Å². The van der Waals surface area contributed by atoms with Gasteiger partial charge in [0.1, 0.15) is 5.82 Å². The lowest BCUT2D eigenvalue weighted by Crippen LogP contribution is -2.54. The molecule has 3 rings (SSSR count). The molecule has 0 bridgehead atoms. The third kappa shape index (κ3) is 6.12. The summed E-state index contributed by atoms with van der Waals surface area (Å²) in [4.78, 5) is 11.7. The van der Waals surface area contributed by atoms with Crippen LogP contribution in [-0.2, 0) is 16.9 Å². The first kappa shape index (κ1) is 31.0. The highest BCUT2D eigenvalue weighted by Gasteiger charge is 2.72. The molecule has 37 heavy (non-hydrogen) atoms. The summed E-state index contributed by atoms with van der Waals surface area (Å²) in [5.74, 6) is -3.28. The summed E-state index contributed by atoms with van der Waals surface area (Å²) in [7, 11) is 0. The molecule has 4 nitrogen and oxygen atoms in total. The van der Waals surface area contributed by atoms with Gasteiger partial charge >= 0.3 is 18.3 Å². The first-order valence-electron chi connectivity index (χ1n) is 10.9. The van der Waals surface area contributed by atoms with Gasteiger partial charge in [-0.25, -0.2) is 4.39 Å². The number of alkyl halides is 7. The molecule has 2 N–H and O–H groups in total. The highest BCUT2D eigenvalue weighted by molar-refractivity contribution is 8.03. The number of thioether (sulfide) groups is 1. The minimum absolute atomic E-state index is 0.0420. The van der Waals surface area contributed by atoms with Crippen molar-refractivity contribution in [3.63, 3.8) is 0 Å². The van der Waals surface area contributed by atoms with Crippen LogP contribution in [0.15, 0.2) is 40.7 Å². The molecule has 0 fully saturated rings. The minimum Gasteiger partial charge on any atom is -0.481 e. The predicted molar refractivity (Wildman–Crippen MR) is 128 cm³/mol. The lowest BCUT2D eigenvalue weighted by molar-refractivity contribution is -0.375. The van der Waals surface area contributed by atoms with Crippen LogP contribution in [0, 0.1) is 5.82 Å². The van der Waals surface area contributed by atoms with E-state index in [0.717, 1.165) is 17.8 Å². The molecular weight excluding hydrogens is 551 g/mol. The van der Waals surface area contributed by atoms with Gasteiger partial charge in [0, 0.05) is 39.4 Å². The molecule has 2 aromatic rings. The molecule has 2 heterocycles. The molecule has 0 radical (unpaired) electrons. The van der Waals surface area contributed by atoms with Crippen LogP contribution < -0.4 is 0 Å². The second-order valence-corrected chi connectivity index (χ2v) is 10.4. The van der Waals surface area contributed by atoms with Gasteiger partial charge in [0.15, 0.2) is 0 Å². The first-order chi connectivity index (χ1) is 16.9. The molecule has 0 saturated heterocycles. The minimum atomic E-state index is -6.20. The summed E-state index contributed by atoms with van der Waals surface area (Å²) in [5.41, 5.74) is -7.05. The van der Waals surface area contributed by atoms with Crippen LogP contribution in [0.2, 0.25) is 0 Å². The van der Waals surface area contributed by atoms with E-state index in [9.17, 15) is 45.7 Å². The molecule has 1 aliphatic rings. The maximum atomic E-state index is 14.3. The van der Waals surface area contributed by atoms with Gasteiger partial charge in [0.2, 0.25) is 0 Å². The largest absolute Gasteiger partial charge is 0.481 e. The maximum Gasteiger partial charge on any atom is 0.430 e. The van der Waals surface area contributed by atoms with Crippen LogP contribution >= 0.6 is 23.4 Å². The summed E-state index contributed by atoms with van der Waals surface area (Å²) in [6, 6.07) is 0.841. The van der Waals surface area contributed by atoms with E-state index in [1.54, 1.807) is 26.0 Å². The number of aliphatic carboxylic acids is 1. The molecule has 1 aliphatic heterocycles. The Labute approximate surface area is 217 Å². The Balaban J connectivity index is 0.000000877. The molecule has 0 aliphatic carbocycles. The van der Waals surface area contributed by atoms with E-state index in [4.69, 9.17) is 11.6 Å². The Bertz CT molecular complexity index is 1190. The van der Waals surface area contributed by atoms with E-state index in [1.807, 2.05) is 6.92 Å². The molecule has 13 heteroatoms. The molecule has 0 amide bonds. The third-order valence-electron chi connectivity index (χ3n) is 5.84. The number of allylic oxidation sites excluding steroid dienone is 3. The van der Waals surface area contributed by atoms with Crippen molar-refractivity contribution < 1.29 is 45.7 Å². The molecule has 0 spiro atoms. The average molecular weight is 576 g/mol. The number of hydrogen-bond acceptors (Lipinski definition) is 3. The van der Waals surface area contributed by atoms with Crippen LogP contribution in [0.5, 0.6) is 0 Å². The fourth-order valence-corrected chi connectivity index (χ4v) is 5.11. The van der Waals surface area contributed by atoms with Gasteiger partial charge in [-0.2, -0.15) is 26.3 Å². The molecular formula is C24H25ClF7NO3S. The van der Waals surface area contributed by atoms with Crippen molar-refractivity contribution in [3.8, 4) is 0 Å². The number of fused-ring (bicyclic) bond motifs is 3. The lowest BCUT2D eigenvalue weighted by Gasteiger charge is -2.33. The number of carbonyl (C=O) groups is 1. The van der Waals surface area contributed by atoms with Crippen LogP contribution in [0.4, 0.5) is 30.7 Å². The zero-order chi connectivity index (χ0) is 28.5. The highest BCUT2D eigenvalue weighted by atomic mass is 35.5. The molecule has 0 saturated carbocycles. The fraction of sp³-hybridized carbons (Fsp3) is 0.458. The number of rotatable bonds is 6. The van der Waals surface area contributed by atoms with Crippen molar-refractivity contribution in [2.75, 3.05) is 0 Å². The van der Waals surface area contributed by atoms with Crippen LogP contribution in [-0.4, -0.2) is 38.5 Å². The van der Waals surface area contributed by atoms with E-state index in [-0.39, 0.29) is 40.5 Å². The van der Waals surface area contributed by atoms with Crippen molar-refractivity contribution in [2.45, 2.75) is 74.3 Å². The van der Waals surface area contributed by atoms with Gasteiger partial charge in [-0.3, -0.25) is 4.79 Å². The number of nitrogens with zero attached hydrogens (tertiary/aromatic N) is 1. The van der Waals surface area contributed by atoms with Crippen molar-refractivity contribution in [1.29, 1.82) is 0 Å². The Hall–Kier alpha value is -2.18. The second-order valence-electron chi connectivity index (χ2n) is 8.42. The van der Waals surface area contributed by atoms with Crippen LogP contribution in [0.1, 0.15) is 50.8 Å². The number of aromatic nitrogens is 1. The van der Waals surface area contributed by atoms with Crippen molar-refractivity contribution in [3.05, 3.63) is 52.8 Å². The van der Waals surface area contributed by atoms with Gasteiger partial charge in [-0.05, 0) is 44.2 Å². The van der Waals surface area contributed by atoms with Crippen molar-refractivity contribution in [1.82, 2.24) is 4.57 Å². The summed E-state index contributed by atoms with van der Waals surface area (Å²) in [6.07, 6.45) is -9.27. The SMILES string of the molecule is C/C=C(\C)Sc1c2n(c3cc(F)cc(C(O)(C(F)(F)F)C(F)(F)F)c13)CCC2CC(=O)O.C=CC(C)Cl. The quantitative estimate of drug-likeness (QED) is 0.159. The number of halogens is 8. The number of carboxylic acids is 1. The van der Waals surface area contributed by atoms with E-state index < -0.39 is 53.0 Å². The number of aliphatic hydroxyl groups is 1. The summed E-state index contributed by atoms with van der Waals surface area (Å²) in [5, 5.41) is 18.8. The topological polar surface area (TPSA) is 62.5 Å². The second kappa shape index (κ2) is 11.3. The Kier molecular flexibility index (Phi) is 9.47.